The Kier molecular flexibility index (Phi) is 2.54. The van der Waals surface area contributed by atoms with Crippen molar-refractivity contribution < 1.29 is 4.74 Å². The summed E-state index contributed by atoms with van der Waals surface area (Å²) in [5.74, 6) is 0.826. The van der Waals surface area contributed by atoms with Gasteiger partial charge in [-0.1, -0.05) is 0 Å². The molecule has 0 spiro atoms. The first kappa shape index (κ1) is 9.27. The Morgan fingerprint density at radius 1 is 1.64 bits per heavy atom. The van der Waals surface area contributed by atoms with Crippen LogP contribution in [0.1, 0.15) is 13.3 Å². The quantitative estimate of drug-likeness (QED) is 0.742. The second kappa shape index (κ2) is 3.84. The van der Waals surface area contributed by atoms with E-state index >= 15 is 0 Å². The molecule has 1 saturated heterocycles. The average molecular weight is 193 g/mol. The minimum atomic E-state index is 0.248. The fourth-order valence-corrected chi connectivity index (χ4v) is 1.64. The van der Waals surface area contributed by atoms with E-state index in [1.807, 2.05) is 6.07 Å². The number of nitrogens with two attached hydrogens (primary N) is 1. The Labute approximate surface area is 83.5 Å². The van der Waals surface area contributed by atoms with E-state index in [0.29, 0.717) is 6.04 Å². The molecular formula is C10H15N3O. The highest BCUT2D eigenvalue weighted by Gasteiger charge is 2.23. The lowest BCUT2D eigenvalue weighted by atomic mass is 10.1. The summed E-state index contributed by atoms with van der Waals surface area (Å²) >= 11 is 0. The Balaban J connectivity index is 2.03. The topological polar surface area (TPSA) is 60.2 Å². The Morgan fingerprint density at radius 2 is 2.50 bits per heavy atom. The molecule has 1 aliphatic heterocycles. The first-order valence-electron chi connectivity index (χ1n) is 4.85. The van der Waals surface area contributed by atoms with E-state index in [2.05, 4.69) is 17.2 Å². The molecule has 3 N–H and O–H groups in total. The highest BCUT2D eigenvalue weighted by molar-refractivity contribution is 5.49. The highest BCUT2D eigenvalue weighted by Crippen LogP contribution is 2.18. The number of pyridine rings is 1. The van der Waals surface area contributed by atoms with Crippen molar-refractivity contribution >= 4 is 11.5 Å². The van der Waals surface area contributed by atoms with Gasteiger partial charge in [-0.2, -0.15) is 0 Å². The lowest BCUT2D eigenvalue weighted by Crippen LogP contribution is -2.27. The lowest BCUT2D eigenvalue weighted by molar-refractivity contribution is 0.121. The minimum absolute atomic E-state index is 0.248. The molecule has 0 radical (unpaired) electrons. The summed E-state index contributed by atoms with van der Waals surface area (Å²) in [5.41, 5.74) is 6.39. The maximum absolute atomic E-state index is 5.66. The van der Waals surface area contributed by atoms with Crippen LogP contribution in [0.15, 0.2) is 18.3 Å². The Hall–Kier alpha value is -1.29. The van der Waals surface area contributed by atoms with Crippen LogP contribution in [0.5, 0.6) is 0 Å². The van der Waals surface area contributed by atoms with Gasteiger partial charge in [-0.3, -0.25) is 0 Å². The summed E-state index contributed by atoms with van der Waals surface area (Å²) in [4.78, 5) is 4.19. The van der Waals surface area contributed by atoms with E-state index < -0.39 is 0 Å². The van der Waals surface area contributed by atoms with Crippen molar-refractivity contribution in [3.63, 3.8) is 0 Å². The van der Waals surface area contributed by atoms with E-state index in [1.165, 1.54) is 0 Å². The van der Waals surface area contributed by atoms with Gasteiger partial charge in [0.15, 0.2) is 0 Å². The number of rotatable bonds is 2. The number of anilines is 2. The predicted octanol–water partition coefficient (Wildman–Crippen LogP) is 1.25. The van der Waals surface area contributed by atoms with Gasteiger partial charge in [0, 0.05) is 24.6 Å². The third-order valence-corrected chi connectivity index (χ3v) is 2.49. The van der Waals surface area contributed by atoms with Gasteiger partial charge in [-0.05, 0) is 19.4 Å². The van der Waals surface area contributed by atoms with E-state index in [-0.39, 0.29) is 6.10 Å². The van der Waals surface area contributed by atoms with Crippen LogP contribution in [0.25, 0.3) is 0 Å². The number of nitrogens with zero attached hydrogens (tertiary/aromatic N) is 1. The zero-order valence-corrected chi connectivity index (χ0v) is 8.23. The van der Waals surface area contributed by atoms with Crippen LogP contribution in [0.3, 0.4) is 0 Å². The smallest absolute Gasteiger partial charge is 0.128 e. The monoisotopic (exact) mass is 193 g/mol. The fourth-order valence-electron chi connectivity index (χ4n) is 1.64. The number of hydrogen-bond donors (Lipinski definition) is 2. The normalized spacial score (nSPS) is 26.4. The largest absolute Gasteiger partial charge is 0.399 e. The van der Waals surface area contributed by atoms with Gasteiger partial charge < -0.3 is 15.8 Å². The highest BCUT2D eigenvalue weighted by atomic mass is 16.5. The summed E-state index contributed by atoms with van der Waals surface area (Å²) in [6, 6.07) is 3.97. The SMILES string of the molecule is CC1OCCC1Nc1cc(N)ccn1. The van der Waals surface area contributed by atoms with E-state index in [1.54, 1.807) is 12.3 Å². The van der Waals surface area contributed by atoms with Crippen molar-refractivity contribution in [3.8, 4) is 0 Å². The van der Waals surface area contributed by atoms with Crippen LogP contribution in [0, 0.1) is 0 Å². The zero-order chi connectivity index (χ0) is 9.97. The van der Waals surface area contributed by atoms with Crippen LogP contribution in [0.2, 0.25) is 0 Å². The second-order valence-electron chi connectivity index (χ2n) is 3.59. The Bertz CT molecular complexity index is 316. The number of aromatic nitrogens is 1. The third kappa shape index (κ3) is 1.96. The predicted molar refractivity (Wildman–Crippen MR) is 56.1 cm³/mol. The average Bonchev–Trinajstić information content (AvgIpc) is 2.52. The molecule has 14 heavy (non-hydrogen) atoms. The van der Waals surface area contributed by atoms with Crippen LogP contribution in [-0.2, 0) is 4.74 Å². The van der Waals surface area contributed by atoms with Gasteiger partial charge in [0.25, 0.3) is 0 Å². The van der Waals surface area contributed by atoms with Crippen LogP contribution in [0.4, 0.5) is 11.5 Å². The van der Waals surface area contributed by atoms with Crippen LogP contribution in [-0.4, -0.2) is 23.7 Å². The first-order chi connectivity index (χ1) is 6.75. The molecule has 4 nitrogen and oxygen atoms in total. The van der Waals surface area contributed by atoms with Gasteiger partial charge in [-0.15, -0.1) is 0 Å². The van der Waals surface area contributed by atoms with Crippen molar-refractivity contribution in [2.75, 3.05) is 17.7 Å². The van der Waals surface area contributed by atoms with Crippen molar-refractivity contribution in [2.24, 2.45) is 0 Å². The molecule has 4 heteroatoms. The molecule has 76 valence electrons. The minimum Gasteiger partial charge on any atom is -0.399 e. The van der Waals surface area contributed by atoms with Crippen molar-refractivity contribution in [3.05, 3.63) is 18.3 Å². The van der Waals surface area contributed by atoms with Crippen molar-refractivity contribution in [1.29, 1.82) is 0 Å². The maximum Gasteiger partial charge on any atom is 0.128 e. The second-order valence-corrected chi connectivity index (χ2v) is 3.59. The van der Waals surface area contributed by atoms with Crippen molar-refractivity contribution in [2.45, 2.75) is 25.5 Å². The molecule has 1 aliphatic rings. The van der Waals surface area contributed by atoms with Crippen LogP contribution < -0.4 is 11.1 Å². The van der Waals surface area contributed by atoms with Gasteiger partial charge in [0.2, 0.25) is 0 Å². The van der Waals surface area contributed by atoms with Gasteiger partial charge >= 0.3 is 0 Å². The molecule has 0 aromatic carbocycles. The molecule has 0 amide bonds. The molecule has 2 rings (SSSR count). The molecule has 2 heterocycles. The summed E-state index contributed by atoms with van der Waals surface area (Å²) < 4.78 is 5.45. The molecule has 0 saturated carbocycles. The molecule has 0 bridgehead atoms. The number of nitrogens with one attached hydrogen (secondary N) is 1. The molecule has 0 aliphatic carbocycles. The van der Waals surface area contributed by atoms with Crippen molar-refractivity contribution in [1.82, 2.24) is 4.98 Å². The summed E-state index contributed by atoms with van der Waals surface area (Å²) in [7, 11) is 0. The molecule has 1 aromatic rings. The van der Waals surface area contributed by atoms with Gasteiger partial charge in [0.1, 0.15) is 5.82 Å². The molecule has 1 aromatic heterocycles. The third-order valence-electron chi connectivity index (χ3n) is 2.49. The Morgan fingerprint density at radius 3 is 3.14 bits per heavy atom. The van der Waals surface area contributed by atoms with E-state index in [4.69, 9.17) is 10.5 Å². The van der Waals surface area contributed by atoms with E-state index in [9.17, 15) is 0 Å². The van der Waals surface area contributed by atoms with E-state index in [0.717, 1.165) is 24.5 Å². The number of hydrogen-bond acceptors (Lipinski definition) is 4. The molecular weight excluding hydrogens is 178 g/mol. The summed E-state index contributed by atoms with van der Waals surface area (Å²) in [5, 5.41) is 3.32. The molecule has 1 fully saturated rings. The number of ether oxygens (including phenoxy) is 1. The lowest BCUT2D eigenvalue weighted by Gasteiger charge is -2.16. The first-order valence-corrected chi connectivity index (χ1v) is 4.85. The summed E-state index contributed by atoms with van der Waals surface area (Å²) in [6.07, 6.45) is 2.98. The molecule has 2 atom stereocenters. The fraction of sp³-hybridized carbons (Fsp3) is 0.500. The number of nitrogen functional groups attached to an aromatic ring is 1. The van der Waals surface area contributed by atoms with Crippen LogP contribution >= 0.6 is 0 Å². The molecule has 2 unspecified atom stereocenters. The zero-order valence-electron chi connectivity index (χ0n) is 8.23. The van der Waals surface area contributed by atoms with Gasteiger partial charge in [-0.25, -0.2) is 4.98 Å². The summed E-state index contributed by atoms with van der Waals surface area (Å²) in [6.45, 7) is 2.89. The van der Waals surface area contributed by atoms with Gasteiger partial charge in [0.05, 0.1) is 12.1 Å². The standard InChI is InChI=1S/C10H15N3O/c1-7-9(3-5-14-7)13-10-6-8(11)2-4-12-10/h2,4,6-7,9H,3,5H2,1H3,(H3,11,12,13). The maximum atomic E-state index is 5.66.